The molecule has 52 heavy (non-hydrogen) atoms. The number of hydrogen-bond donors (Lipinski definition) is 3. The average molecular weight is 704 g/mol. The van der Waals surface area contributed by atoms with Crippen molar-refractivity contribution in [1.29, 1.82) is 0 Å². The van der Waals surface area contributed by atoms with E-state index in [-0.39, 0.29) is 34.9 Å². The molecule has 0 radical (unpaired) electrons. The van der Waals surface area contributed by atoms with Crippen LogP contribution in [0.1, 0.15) is 66.7 Å². The number of para-hydroxylation sites is 1. The van der Waals surface area contributed by atoms with E-state index >= 15 is 0 Å². The summed E-state index contributed by atoms with van der Waals surface area (Å²) < 4.78 is 18.4. The van der Waals surface area contributed by atoms with E-state index in [1.165, 1.54) is 14.2 Å². The van der Waals surface area contributed by atoms with E-state index in [9.17, 15) is 9.59 Å². The molecule has 3 heterocycles. The zero-order valence-electron chi connectivity index (χ0n) is 30.4. The van der Waals surface area contributed by atoms with Gasteiger partial charge >= 0.3 is 12.0 Å². The van der Waals surface area contributed by atoms with Crippen LogP contribution < -0.4 is 30.2 Å². The Bertz CT molecular complexity index is 2010. The SMILES string of the molecule is COc1cc(OC)nc(Oc2ccccc2C(=O)C(c2cccc(NC(=O)Nc3cc(C(C)(C)C)nn3-c3ccc(C)cc3)c2)C2CCNCC2)n1. The van der Waals surface area contributed by atoms with Crippen LogP contribution >= 0.6 is 0 Å². The van der Waals surface area contributed by atoms with Gasteiger partial charge in [-0.2, -0.15) is 15.1 Å². The summed E-state index contributed by atoms with van der Waals surface area (Å²) in [5.41, 5.74) is 4.32. The number of Topliss-reactive ketones (excluding diaryl/α,β-unsaturated/α-hetero) is 1. The summed E-state index contributed by atoms with van der Waals surface area (Å²) in [6.45, 7) is 9.87. The summed E-state index contributed by atoms with van der Waals surface area (Å²) in [6.07, 6.45) is 1.62. The Morgan fingerprint density at radius 1 is 0.865 bits per heavy atom. The average Bonchev–Trinajstić information content (AvgIpc) is 3.57. The molecule has 12 nitrogen and oxygen atoms in total. The quantitative estimate of drug-likeness (QED) is 0.118. The summed E-state index contributed by atoms with van der Waals surface area (Å²) in [5, 5.41) is 14.2. The molecule has 6 rings (SSSR count). The molecule has 270 valence electrons. The highest BCUT2D eigenvalue weighted by molar-refractivity contribution is 6.04. The lowest BCUT2D eigenvalue weighted by molar-refractivity contribution is 0.0913. The van der Waals surface area contributed by atoms with Gasteiger partial charge in [-0.1, -0.05) is 62.7 Å². The van der Waals surface area contributed by atoms with Gasteiger partial charge in [-0.15, -0.1) is 0 Å². The zero-order chi connectivity index (χ0) is 36.8. The fourth-order valence-corrected chi connectivity index (χ4v) is 6.29. The van der Waals surface area contributed by atoms with Crippen molar-refractivity contribution >= 4 is 23.3 Å². The molecule has 1 fully saturated rings. The van der Waals surface area contributed by atoms with E-state index in [4.69, 9.17) is 19.3 Å². The number of nitrogens with zero attached hydrogens (tertiary/aromatic N) is 4. The third-order valence-electron chi connectivity index (χ3n) is 9.07. The number of urea groups is 1. The molecular weight excluding hydrogens is 658 g/mol. The number of ketones is 1. The highest BCUT2D eigenvalue weighted by Gasteiger charge is 2.33. The molecule has 0 spiro atoms. The minimum absolute atomic E-state index is 0.00887. The van der Waals surface area contributed by atoms with Crippen LogP contribution in [0.3, 0.4) is 0 Å². The molecular formula is C40H45N7O5. The van der Waals surface area contributed by atoms with E-state index in [0.717, 1.165) is 48.4 Å². The number of aryl methyl sites for hydroxylation is 1. The van der Waals surface area contributed by atoms with Crippen LogP contribution in [0, 0.1) is 12.8 Å². The molecule has 3 N–H and O–H groups in total. The van der Waals surface area contributed by atoms with E-state index < -0.39 is 11.9 Å². The molecule has 1 aliphatic rings. The predicted molar refractivity (Wildman–Crippen MR) is 200 cm³/mol. The van der Waals surface area contributed by atoms with Gasteiger partial charge in [0.2, 0.25) is 11.8 Å². The molecule has 1 saturated heterocycles. The van der Waals surface area contributed by atoms with Gasteiger partial charge in [0.05, 0.1) is 43.1 Å². The minimum atomic E-state index is -0.505. The second-order valence-electron chi connectivity index (χ2n) is 13.9. The lowest BCUT2D eigenvalue weighted by atomic mass is 9.76. The number of ether oxygens (including phenoxy) is 3. The number of benzene rings is 3. The molecule has 12 heteroatoms. The summed E-state index contributed by atoms with van der Waals surface area (Å²) in [5.74, 6) is 0.834. The molecule has 1 aliphatic heterocycles. The second-order valence-corrected chi connectivity index (χ2v) is 13.9. The zero-order valence-corrected chi connectivity index (χ0v) is 30.4. The van der Waals surface area contributed by atoms with Crippen molar-refractivity contribution in [3.8, 4) is 29.2 Å². The van der Waals surface area contributed by atoms with Gasteiger partial charge in [0.1, 0.15) is 11.6 Å². The van der Waals surface area contributed by atoms with Crippen molar-refractivity contribution < 1.29 is 23.8 Å². The monoisotopic (exact) mass is 703 g/mol. The van der Waals surface area contributed by atoms with Gasteiger partial charge in [-0.25, -0.2) is 9.48 Å². The van der Waals surface area contributed by atoms with E-state index in [1.807, 2.05) is 61.5 Å². The first-order valence-electron chi connectivity index (χ1n) is 17.4. The van der Waals surface area contributed by atoms with E-state index in [2.05, 4.69) is 46.7 Å². The molecule has 0 aliphatic carbocycles. The highest BCUT2D eigenvalue weighted by Crippen LogP contribution is 2.38. The normalized spacial score (nSPS) is 14.0. The molecule has 0 saturated carbocycles. The van der Waals surface area contributed by atoms with Crippen molar-refractivity contribution in [1.82, 2.24) is 25.1 Å². The lowest BCUT2D eigenvalue weighted by Gasteiger charge is -2.31. The predicted octanol–water partition coefficient (Wildman–Crippen LogP) is 7.69. The van der Waals surface area contributed by atoms with Crippen LogP contribution in [0.4, 0.5) is 16.3 Å². The topological polar surface area (TPSA) is 142 Å². The summed E-state index contributed by atoms with van der Waals surface area (Å²) in [4.78, 5) is 36.8. The maximum atomic E-state index is 14.7. The molecule has 2 aromatic heterocycles. The third kappa shape index (κ3) is 8.40. The minimum Gasteiger partial charge on any atom is -0.481 e. The van der Waals surface area contributed by atoms with Crippen LogP contribution in [0.25, 0.3) is 5.69 Å². The molecule has 1 unspecified atom stereocenters. The fraction of sp³-hybridized carbons (Fsp3) is 0.325. The van der Waals surface area contributed by atoms with E-state index in [0.29, 0.717) is 22.8 Å². The van der Waals surface area contributed by atoms with Gasteiger partial charge in [0, 0.05) is 17.2 Å². The molecule has 5 aromatic rings. The van der Waals surface area contributed by atoms with Gasteiger partial charge in [0.25, 0.3) is 0 Å². The number of nitrogens with one attached hydrogen (secondary N) is 3. The Hall–Kier alpha value is -5.75. The van der Waals surface area contributed by atoms with Crippen molar-refractivity contribution in [3.63, 3.8) is 0 Å². The number of hydrogen-bond acceptors (Lipinski definition) is 9. The first kappa shape index (κ1) is 36.1. The Labute approximate surface area is 303 Å². The Morgan fingerprint density at radius 2 is 1.56 bits per heavy atom. The molecule has 3 aromatic carbocycles. The Balaban J connectivity index is 1.28. The summed E-state index contributed by atoms with van der Waals surface area (Å²) in [6, 6.07) is 25.5. The summed E-state index contributed by atoms with van der Waals surface area (Å²) in [7, 11) is 2.98. The number of aromatic nitrogens is 4. The van der Waals surface area contributed by atoms with Gasteiger partial charge in [0.15, 0.2) is 5.78 Å². The number of methoxy groups -OCH3 is 2. The first-order chi connectivity index (χ1) is 25.0. The van der Waals surface area contributed by atoms with Crippen LogP contribution in [0.2, 0.25) is 0 Å². The first-order valence-corrected chi connectivity index (χ1v) is 17.4. The van der Waals surface area contributed by atoms with Crippen molar-refractivity contribution in [2.75, 3.05) is 37.9 Å². The molecule has 1 atom stereocenters. The Morgan fingerprint density at radius 3 is 2.23 bits per heavy atom. The van der Waals surface area contributed by atoms with Crippen LogP contribution in [0.15, 0.2) is 84.9 Å². The van der Waals surface area contributed by atoms with Crippen molar-refractivity contribution in [2.45, 2.75) is 51.9 Å². The number of rotatable bonds is 11. The number of piperidine rings is 1. The van der Waals surface area contributed by atoms with Gasteiger partial charge in [-0.05, 0) is 80.7 Å². The van der Waals surface area contributed by atoms with Crippen LogP contribution in [-0.2, 0) is 5.41 Å². The van der Waals surface area contributed by atoms with Crippen molar-refractivity contribution in [2.24, 2.45) is 5.92 Å². The highest BCUT2D eigenvalue weighted by atomic mass is 16.5. The third-order valence-corrected chi connectivity index (χ3v) is 9.07. The summed E-state index contributed by atoms with van der Waals surface area (Å²) >= 11 is 0. The maximum Gasteiger partial charge on any atom is 0.328 e. The second kappa shape index (κ2) is 15.6. The lowest BCUT2D eigenvalue weighted by Crippen LogP contribution is -2.34. The maximum absolute atomic E-state index is 14.7. The van der Waals surface area contributed by atoms with Gasteiger partial charge < -0.3 is 24.8 Å². The fourth-order valence-electron chi connectivity index (χ4n) is 6.29. The largest absolute Gasteiger partial charge is 0.481 e. The van der Waals surface area contributed by atoms with E-state index in [1.54, 1.807) is 35.0 Å². The smallest absolute Gasteiger partial charge is 0.328 e. The molecule has 2 amide bonds. The van der Waals surface area contributed by atoms with Gasteiger partial charge in [-0.3, -0.25) is 10.1 Å². The number of amides is 2. The van der Waals surface area contributed by atoms with Crippen LogP contribution in [0.5, 0.6) is 23.5 Å². The van der Waals surface area contributed by atoms with Crippen molar-refractivity contribution in [3.05, 3.63) is 107 Å². The van der Waals surface area contributed by atoms with Crippen LogP contribution in [-0.4, -0.2) is 58.9 Å². The Kier molecular flexibility index (Phi) is 10.8. The number of carbonyl (C=O) groups excluding carboxylic acids is 2. The number of carbonyl (C=O) groups is 2. The molecule has 0 bridgehead atoms. The standard InChI is InChI=1S/C40H45N7O5/c1-25-14-16-29(17-15-25)47-33(23-32(46-47)40(2,3)4)43-38(49)42-28-11-9-10-27(22-28)36(26-18-20-41-21-19-26)37(48)30-12-7-8-13-31(30)52-39-44-34(50-5)24-35(45-39)51-6/h7-17,22-24,26,36,41H,18-21H2,1-6H3,(H2,42,43,49). The number of anilines is 2.